The van der Waals surface area contributed by atoms with Crippen molar-refractivity contribution in [3.05, 3.63) is 29.3 Å². The Kier molecular flexibility index (Phi) is 2.00. The first kappa shape index (κ1) is 8.57. The van der Waals surface area contributed by atoms with E-state index in [9.17, 15) is 0 Å². The van der Waals surface area contributed by atoms with Gasteiger partial charge in [0.15, 0.2) is 0 Å². The zero-order chi connectivity index (χ0) is 9.42. The Bertz CT molecular complexity index is 320. The molecule has 0 saturated heterocycles. The molecule has 0 amide bonds. The Hall–Kier alpha value is -1.02. The number of benzene rings is 1. The summed E-state index contributed by atoms with van der Waals surface area (Å²) in [4.78, 5) is 0. The van der Waals surface area contributed by atoms with Gasteiger partial charge in [-0.15, -0.1) is 0 Å². The maximum Gasteiger partial charge on any atom is 0.123 e. The van der Waals surface area contributed by atoms with Crippen LogP contribution in [0.15, 0.2) is 18.2 Å². The predicted octanol–water partition coefficient (Wildman–Crippen LogP) is 1.31. The third kappa shape index (κ3) is 1.54. The van der Waals surface area contributed by atoms with Gasteiger partial charge in [-0.05, 0) is 37.6 Å². The lowest BCUT2D eigenvalue weighted by atomic mass is 10.0. The molecule has 0 fully saturated rings. The molecule has 0 aliphatic carbocycles. The Morgan fingerprint density at radius 2 is 2.31 bits per heavy atom. The van der Waals surface area contributed by atoms with Crippen molar-refractivity contribution in [2.45, 2.75) is 32.4 Å². The molecule has 0 saturated carbocycles. The second kappa shape index (κ2) is 3.04. The molecule has 13 heavy (non-hydrogen) atoms. The lowest BCUT2D eigenvalue weighted by molar-refractivity contribution is -0.420. The fourth-order valence-corrected chi connectivity index (χ4v) is 1.75. The van der Waals surface area contributed by atoms with Crippen molar-refractivity contribution in [3.63, 3.8) is 0 Å². The topological polar surface area (TPSA) is 36.9 Å². The number of hydrogen-bond donors (Lipinski definition) is 1. The van der Waals surface area contributed by atoms with Crippen molar-refractivity contribution in [2.24, 2.45) is 0 Å². The largest absolute Gasteiger partial charge is 0.490 e. The van der Waals surface area contributed by atoms with E-state index in [0.717, 1.165) is 12.2 Å². The standard InChI is InChI=1S/C11H15NO/c1-7-5-10-6-9(8(2)12)3-4-11(10)13-7/h3-4,6-8H,5,12H2,1-2H3/p+1. The number of rotatable bonds is 1. The van der Waals surface area contributed by atoms with Gasteiger partial charge in [-0.25, -0.2) is 0 Å². The lowest BCUT2D eigenvalue weighted by Gasteiger charge is -2.04. The molecule has 70 valence electrons. The van der Waals surface area contributed by atoms with Crippen LogP contribution in [0.2, 0.25) is 0 Å². The van der Waals surface area contributed by atoms with E-state index in [1.54, 1.807) is 0 Å². The molecule has 2 heteroatoms. The minimum atomic E-state index is 0.338. The number of ether oxygens (including phenoxy) is 1. The van der Waals surface area contributed by atoms with Crippen LogP contribution in [-0.2, 0) is 6.42 Å². The summed E-state index contributed by atoms with van der Waals surface area (Å²) < 4.78 is 5.62. The maximum absolute atomic E-state index is 5.62. The highest BCUT2D eigenvalue weighted by atomic mass is 16.5. The zero-order valence-corrected chi connectivity index (χ0v) is 8.21. The average molecular weight is 178 g/mol. The fourth-order valence-electron chi connectivity index (χ4n) is 1.75. The van der Waals surface area contributed by atoms with Gasteiger partial charge in [-0.3, -0.25) is 0 Å². The molecule has 2 nitrogen and oxygen atoms in total. The summed E-state index contributed by atoms with van der Waals surface area (Å²) in [5.41, 5.74) is 6.65. The summed E-state index contributed by atoms with van der Waals surface area (Å²) in [5.74, 6) is 1.05. The van der Waals surface area contributed by atoms with Gasteiger partial charge in [0.25, 0.3) is 0 Å². The van der Waals surface area contributed by atoms with Crippen molar-refractivity contribution >= 4 is 0 Å². The smallest absolute Gasteiger partial charge is 0.123 e. The minimum Gasteiger partial charge on any atom is -0.490 e. The highest BCUT2D eigenvalue weighted by Gasteiger charge is 2.19. The number of fused-ring (bicyclic) bond motifs is 1. The van der Waals surface area contributed by atoms with Crippen LogP contribution in [0, 0.1) is 0 Å². The van der Waals surface area contributed by atoms with Gasteiger partial charge in [0.05, 0.1) is 0 Å². The van der Waals surface area contributed by atoms with Crippen LogP contribution in [-0.4, -0.2) is 6.10 Å². The summed E-state index contributed by atoms with van der Waals surface area (Å²) in [6.45, 7) is 4.22. The molecule has 1 aliphatic heterocycles. The van der Waals surface area contributed by atoms with Gasteiger partial charge in [-0.2, -0.15) is 0 Å². The number of quaternary nitrogens is 1. The van der Waals surface area contributed by atoms with Gasteiger partial charge in [0, 0.05) is 12.0 Å². The van der Waals surface area contributed by atoms with Crippen LogP contribution in [0.3, 0.4) is 0 Å². The summed E-state index contributed by atoms with van der Waals surface area (Å²) in [5, 5.41) is 0. The highest BCUT2D eigenvalue weighted by Crippen LogP contribution is 2.30. The molecule has 0 aromatic heterocycles. The summed E-state index contributed by atoms with van der Waals surface area (Å²) in [7, 11) is 0. The van der Waals surface area contributed by atoms with E-state index >= 15 is 0 Å². The van der Waals surface area contributed by atoms with E-state index < -0.39 is 0 Å². The van der Waals surface area contributed by atoms with Crippen molar-refractivity contribution < 1.29 is 10.5 Å². The monoisotopic (exact) mass is 178 g/mol. The molecule has 2 atom stereocenters. The van der Waals surface area contributed by atoms with E-state index in [2.05, 4.69) is 37.8 Å². The molecule has 0 radical (unpaired) electrons. The SMILES string of the molecule is CC1Cc2cc(C(C)[NH3+])ccc2O1. The molecule has 2 unspecified atom stereocenters. The Morgan fingerprint density at radius 1 is 1.54 bits per heavy atom. The Balaban J connectivity index is 2.35. The first-order valence-electron chi connectivity index (χ1n) is 4.79. The predicted molar refractivity (Wildman–Crippen MR) is 51.5 cm³/mol. The molecule has 0 bridgehead atoms. The molecular formula is C11H16NO+. The summed E-state index contributed by atoms with van der Waals surface area (Å²) >= 11 is 0. The van der Waals surface area contributed by atoms with Crippen LogP contribution in [0.25, 0.3) is 0 Å². The van der Waals surface area contributed by atoms with Crippen LogP contribution < -0.4 is 10.5 Å². The van der Waals surface area contributed by atoms with Crippen LogP contribution in [0.1, 0.15) is 31.0 Å². The van der Waals surface area contributed by atoms with E-state index in [1.165, 1.54) is 11.1 Å². The van der Waals surface area contributed by atoms with Crippen LogP contribution in [0.5, 0.6) is 5.75 Å². The van der Waals surface area contributed by atoms with E-state index in [1.807, 2.05) is 0 Å². The normalized spacial score (nSPS) is 22.2. The van der Waals surface area contributed by atoms with Crippen LogP contribution in [0.4, 0.5) is 0 Å². The molecule has 1 aromatic carbocycles. The lowest BCUT2D eigenvalue weighted by Crippen LogP contribution is -2.51. The van der Waals surface area contributed by atoms with Gasteiger partial charge in [0.1, 0.15) is 17.9 Å². The molecule has 3 N–H and O–H groups in total. The second-order valence-electron chi connectivity index (χ2n) is 3.90. The van der Waals surface area contributed by atoms with Gasteiger partial charge < -0.3 is 10.5 Å². The second-order valence-corrected chi connectivity index (χ2v) is 3.90. The first-order valence-corrected chi connectivity index (χ1v) is 4.79. The molecular weight excluding hydrogens is 162 g/mol. The van der Waals surface area contributed by atoms with E-state index in [-0.39, 0.29) is 0 Å². The maximum atomic E-state index is 5.62. The quantitative estimate of drug-likeness (QED) is 0.691. The third-order valence-corrected chi connectivity index (χ3v) is 2.49. The summed E-state index contributed by atoms with van der Waals surface area (Å²) in [6.07, 6.45) is 1.38. The minimum absolute atomic E-state index is 0.338. The van der Waals surface area contributed by atoms with Gasteiger partial charge >= 0.3 is 0 Å². The van der Waals surface area contributed by atoms with Gasteiger partial charge in [-0.1, -0.05) is 0 Å². The van der Waals surface area contributed by atoms with E-state index in [4.69, 9.17) is 4.74 Å². The van der Waals surface area contributed by atoms with Crippen molar-refractivity contribution in [1.29, 1.82) is 0 Å². The van der Waals surface area contributed by atoms with Crippen molar-refractivity contribution in [3.8, 4) is 5.75 Å². The van der Waals surface area contributed by atoms with Crippen molar-refractivity contribution in [2.75, 3.05) is 0 Å². The van der Waals surface area contributed by atoms with Crippen LogP contribution >= 0.6 is 0 Å². The van der Waals surface area contributed by atoms with Crippen molar-refractivity contribution in [1.82, 2.24) is 0 Å². The highest BCUT2D eigenvalue weighted by molar-refractivity contribution is 5.40. The molecule has 2 rings (SSSR count). The first-order chi connectivity index (χ1) is 6.16. The molecule has 1 aliphatic rings. The number of hydrogen-bond acceptors (Lipinski definition) is 1. The average Bonchev–Trinajstić information content (AvgIpc) is 2.42. The third-order valence-electron chi connectivity index (χ3n) is 2.49. The molecule has 0 spiro atoms. The van der Waals surface area contributed by atoms with Gasteiger partial charge in [0.2, 0.25) is 0 Å². The summed E-state index contributed by atoms with van der Waals surface area (Å²) in [6, 6.07) is 6.75. The fraction of sp³-hybridized carbons (Fsp3) is 0.455. The molecule has 1 aromatic rings. The zero-order valence-electron chi connectivity index (χ0n) is 8.21. The Labute approximate surface area is 78.7 Å². The Morgan fingerprint density at radius 3 is 3.00 bits per heavy atom. The molecule has 1 heterocycles. The van der Waals surface area contributed by atoms with E-state index in [0.29, 0.717) is 12.1 Å².